The molecule has 3 heterocycles. The molecule has 0 unspecified atom stereocenters. The SMILES string of the molecule is Cc1nc2ncnn2c(C)c1CCC(=O)Nc1ccc(S(=O)(=O)N[C@@H]2CCS(=O)(=O)C2)cc1. The smallest absolute Gasteiger partial charge is 0.252 e. The van der Waals surface area contributed by atoms with Gasteiger partial charge in [-0.2, -0.15) is 10.1 Å². The predicted octanol–water partition coefficient (Wildman–Crippen LogP) is 0.778. The Balaban J connectivity index is 1.36. The van der Waals surface area contributed by atoms with Gasteiger partial charge in [0.25, 0.3) is 5.78 Å². The van der Waals surface area contributed by atoms with Crippen LogP contribution in [0.1, 0.15) is 29.8 Å². The maximum absolute atomic E-state index is 12.5. The van der Waals surface area contributed by atoms with E-state index in [-0.39, 0.29) is 35.2 Å². The second kappa shape index (κ2) is 8.80. The van der Waals surface area contributed by atoms with Crippen molar-refractivity contribution < 1.29 is 21.6 Å². The number of hydrogen-bond donors (Lipinski definition) is 2. The molecule has 2 N–H and O–H groups in total. The molecule has 1 aliphatic rings. The molecular weight excluding hydrogens is 468 g/mol. The van der Waals surface area contributed by atoms with E-state index in [4.69, 9.17) is 0 Å². The monoisotopic (exact) mass is 492 g/mol. The number of anilines is 1. The zero-order chi connectivity index (χ0) is 23.8. The van der Waals surface area contributed by atoms with Crippen LogP contribution in [0.4, 0.5) is 5.69 Å². The fourth-order valence-corrected chi connectivity index (χ4v) is 6.92. The molecule has 1 atom stereocenters. The zero-order valence-corrected chi connectivity index (χ0v) is 19.8. The van der Waals surface area contributed by atoms with Gasteiger partial charge in [0.1, 0.15) is 6.33 Å². The van der Waals surface area contributed by atoms with Crippen molar-refractivity contribution >= 4 is 37.2 Å². The quantitative estimate of drug-likeness (QED) is 0.491. The maximum Gasteiger partial charge on any atom is 0.252 e. The Bertz CT molecular complexity index is 1420. The molecule has 3 aromatic rings. The van der Waals surface area contributed by atoms with Gasteiger partial charge in [0.15, 0.2) is 9.84 Å². The third-order valence-electron chi connectivity index (χ3n) is 5.59. The number of rotatable bonds is 7. The van der Waals surface area contributed by atoms with Crippen molar-refractivity contribution in [2.45, 2.75) is 44.0 Å². The normalized spacial score (nSPS) is 17.9. The first-order chi connectivity index (χ1) is 15.5. The molecule has 1 aliphatic heterocycles. The van der Waals surface area contributed by atoms with Crippen molar-refractivity contribution in [2.24, 2.45) is 0 Å². The lowest BCUT2D eigenvalue weighted by Gasteiger charge is -2.12. The molecule has 0 spiro atoms. The summed E-state index contributed by atoms with van der Waals surface area (Å²) in [5.41, 5.74) is 3.04. The molecule has 4 rings (SSSR count). The highest BCUT2D eigenvalue weighted by atomic mass is 32.2. The molecule has 1 saturated heterocycles. The summed E-state index contributed by atoms with van der Waals surface area (Å²) in [6.45, 7) is 3.76. The summed E-state index contributed by atoms with van der Waals surface area (Å²) in [6, 6.07) is 5.11. The number of carbonyl (C=O) groups is 1. The average Bonchev–Trinajstić information content (AvgIpc) is 3.33. The minimum Gasteiger partial charge on any atom is -0.326 e. The highest BCUT2D eigenvalue weighted by Crippen LogP contribution is 2.19. The molecule has 1 fully saturated rings. The van der Waals surface area contributed by atoms with Crippen molar-refractivity contribution in [3.63, 3.8) is 0 Å². The van der Waals surface area contributed by atoms with Gasteiger partial charge in [0.2, 0.25) is 15.9 Å². The molecule has 13 heteroatoms. The first-order valence-corrected chi connectivity index (χ1v) is 13.6. The molecule has 0 aliphatic carbocycles. The Morgan fingerprint density at radius 1 is 1.21 bits per heavy atom. The Morgan fingerprint density at radius 2 is 1.94 bits per heavy atom. The lowest BCUT2D eigenvalue weighted by molar-refractivity contribution is -0.116. The molecule has 11 nitrogen and oxygen atoms in total. The second-order valence-corrected chi connectivity index (χ2v) is 12.0. The van der Waals surface area contributed by atoms with Gasteiger partial charge in [0, 0.05) is 29.5 Å². The number of nitrogens with one attached hydrogen (secondary N) is 2. The van der Waals surface area contributed by atoms with Crippen LogP contribution in [0.15, 0.2) is 35.5 Å². The van der Waals surface area contributed by atoms with Gasteiger partial charge >= 0.3 is 0 Å². The van der Waals surface area contributed by atoms with Crippen molar-refractivity contribution in [2.75, 3.05) is 16.8 Å². The number of fused-ring (bicyclic) bond motifs is 1. The number of aromatic nitrogens is 4. The lowest BCUT2D eigenvalue weighted by Crippen LogP contribution is -2.35. The first kappa shape index (κ1) is 23.3. The van der Waals surface area contributed by atoms with Crippen LogP contribution in [0.5, 0.6) is 0 Å². The van der Waals surface area contributed by atoms with Crippen LogP contribution in [0.3, 0.4) is 0 Å². The van der Waals surface area contributed by atoms with E-state index in [1.54, 1.807) is 4.52 Å². The van der Waals surface area contributed by atoms with Crippen molar-refractivity contribution in [1.29, 1.82) is 0 Å². The number of sulfone groups is 1. The van der Waals surface area contributed by atoms with Gasteiger partial charge in [-0.05, 0) is 56.5 Å². The van der Waals surface area contributed by atoms with Gasteiger partial charge in [-0.1, -0.05) is 0 Å². The van der Waals surface area contributed by atoms with E-state index in [1.807, 2.05) is 13.8 Å². The number of sulfonamides is 1. The van der Waals surface area contributed by atoms with Crippen LogP contribution in [-0.4, -0.2) is 59.9 Å². The van der Waals surface area contributed by atoms with Crippen LogP contribution in [0.2, 0.25) is 0 Å². The predicted molar refractivity (Wildman–Crippen MR) is 121 cm³/mol. The Kier molecular flexibility index (Phi) is 6.20. The van der Waals surface area contributed by atoms with Gasteiger partial charge < -0.3 is 5.32 Å². The van der Waals surface area contributed by atoms with Crippen molar-refractivity contribution in [3.8, 4) is 0 Å². The maximum atomic E-state index is 12.5. The minimum absolute atomic E-state index is 0.00301. The van der Waals surface area contributed by atoms with E-state index in [2.05, 4.69) is 25.1 Å². The largest absolute Gasteiger partial charge is 0.326 e. The number of benzene rings is 1. The summed E-state index contributed by atoms with van der Waals surface area (Å²) in [5.74, 6) is 0.0701. The Hall–Kier alpha value is -2.90. The highest BCUT2D eigenvalue weighted by Gasteiger charge is 2.31. The molecule has 0 saturated carbocycles. The number of amides is 1. The van der Waals surface area contributed by atoms with E-state index in [0.717, 1.165) is 17.0 Å². The van der Waals surface area contributed by atoms with Crippen LogP contribution in [0.25, 0.3) is 5.78 Å². The summed E-state index contributed by atoms with van der Waals surface area (Å²) in [6.07, 6.45) is 2.36. The summed E-state index contributed by atoms with van der Waals surface area (Å²) in [4.78, 5) is 20.9. The number of hydrogen-bond acceptors (Lipinski definition) is 8. The summed E-state index contributed by atoms with van der Waals surface area (Å²) in [5, 5.41) is 6.90. The lowest BCUT2D eigenvalue weighted by atomic mass is 10.1. The van der Waals surface area contributed by atoms with Gasteiger partial charge in [-0.3, -0.25) is 4.79 Å². The average molecular weight is 493 g/mol. The Labute approximate surface area is 191 Å². The zero-order valence-electron chi connectivity index (χ0n) is 18.1. The number of aryl methyl sites for hydroxylation is 2. The molecule has 2 aromatic heterocycles. The second-order valence-electron chi connectivity index (χ2n) is 8.03. The van der Waals surface area contributed by atoms with Crippen molar-refractivity contribution in [1.82, 2.24) is 24.3 Å². The molecule has 1 amide bonds. The van der Waals surface area contributed by atoms with E-state index < -0.39 is 25.9 Å². The number of nitrogens with zero attached hydrogens (tertiary/aromatic N) is 4. The van der Waals surface area contributed by atoms with Crippen molar-refractivity contribution in [3.05, 3.63) is 47.5 Å². The van der Waals surface area contributed by atoms with Crippen LogP contribution in [-0.2, 0) is 31.1 Å². The van der Waals surface area contributed by atoms with Crippen LogP contribution >= 0.6 is 0 Å². The standard InChI is InChI=1S/C20H24N6O5S2/c1-13-18(14(2)26-20(23-13)21-12-22-26)7-8-19(27)24-15-3-5-17(6-4-15)33(30,31)25-16-9-10-32(28,29)11-16/h3-6,12,16,25H,7-11H2,1-2H3,(H,24,27)/t16-/m1/s1. The van der Waals surface area contributed by atoms with E-state index in [1.165, 1.54) is 30.6 Å². The fraction of sp³-hybridized carbons (Fsp3) is 0.400. The minimum atomic E-state index is -3.86. The molecule has 176 valence electrons. The van der Waals surface area contributed by atoms with E-state index in [9.17, 15) is 21.6 Å². The Morgan fingerprint density at radius 3 is 2.61 bits per heavy atom. The third kappa shape index (κ3) is 5.20. The highest BCUT2D eigenvalue weighted by molar-refractivity contribution is 7.92. The summed E-state index contributed by atoms with van der Waals surface area (Å²) >= 11 is 0. The van der Waals surface area contributed by atoms with Gasteiger partial charge in [-0.15, -0.1) is 0 Å². The topological polar surface area (TPSA) is 152 Å². The van der Waals surface area contributed by atoms with Crippen LogP contribution in [0, 0.1) is 13.8 Å². The molecule has 0 bridgehead atoms. The molecular formula is C20H24N6O5S2. The summed E-state index contributed by atoms with van der Waals surface area (Å²) in [7, 11) is -7.05. The summed E-state index contributed by atoms with van der Waals surface area (Å²) < 4.78 is 52.2. The van der Waals surface area contributed by atoms with Crippen LogP contribution < -0.4 is 10.0 Å². The first-order valence-electron chi connectivity index (χ1n) is 10.3. The van der Waals surface area contributed by atoms with E-state index in [0.29, 0.717) is 17.9 Å². The molecule has 1 aromatic carbocycles. The fourth-order valence-electron chi connectivity index (χ4n) is 3.87. The van der Waals surface area contributed by atoms with Gasteiger partial charge in [0.05, 0.1) is 16.4 Å². The van der Waals surface area contributed by atoms with Gasteiger partial charge in [-0.25, -0.2) is 31.1 Å². The molecule has 33 heavy (non-hydrogen) atoms. The number of carbonyl (C=O) groups excluding carboxylic acids is 1. The van der Waals surface area contributed by atoms with E-state index >= 15 is 0 Å². The third-order valence-corrected chi connectivity index (χ3v) is 8.90. The molecule has 0 radical (unpaired) electrons.